The smallest absolute Gasteiger partial charge is 0.223 e. The third kappa shape index (κ3) is 4.20. The van der Waals surface area contributed by atoms with Gasteiger partial charge in [-0.05, 0) is 23.6 Å². The van der Waals surface area contributed by atoms with Crippen LogP contribution in [0.1, 0.15) is 23.8 Å². The number of aromatic nitrogens is 3. The van der Waals surface area contributed by atoms with Crippen LogP contribution in [0.5, 0.6) is 0 Å². The van der Waals surface area contributed by atoms with Crippen molar-refractivity contribution in [3.8, 4) is 11.1 Å². The third-order valence-electron chi connectivity index (χ3n) is 5.74. The first kappa shape index (κ1) is 19.5. The van der Waals surface area contributed by atoms with Gasteiger partial charge in [0, 0.05) is 24.7 Å². The second-order valence-electron chi connectivity index (χ2n) is 7.77. The van der Waals surface area contributed by atoms with Crippen LogP contribution >= 0.6 is 0 Å². The maximum atomic E-state index is 12.8. The number of hydrogen-bond donors (Lipinski definition) is 0. The van der Waals surface area contributed by atoms with E-state index in [4.69, 9.17) is 4.74 Å². The lowest BCUT2D eigenvalue weighted by Crippen LogP contribution is -2.42. The van der Waals surface area contributed by atoms with E-state index in [1.54, 1.807) is 4.52 Å². The average Bonchev–Trinajstić information content (AvgIpc) is 3.27. The molecule has 6 nitrogen and oxygen atoms in total. The second kappa shape index (κ2) is 8.70. The minimum absolute atomic E-state index is 0.153. The molecular weight excluding hydrogens is 388 g/mol. The van der Waals surface area contributed by atoms with Crippen LogP contribution in [0.15, 0.2) is 79.0 Å². The summed E-state index contributed by atoms with van der Waals surface area (Å²) in [6, 6.07) is 24.4. The molecule has 0 spiro atoms. The molecular formula is C25H24N4O2. The van der Waals surface area contributed by atoms with Crippen LogP contribution < -0.4 is 0 Å². The summed E-state index contributed by atoms with van der Waals surface area (Å²) in [4.78, 5) is 14.7. The molecule has 0 aliphatic carbocycles. The van der Waals surface area contributed by atoms with Crippen LogP contribution in [0.25, 0.3) is 16.6 Å². The van der Waals surface area contributed by atoms with E-state index >= 15 is 0 Å². The van der Waals surface area contributed by atoms with Gasteiger partial charge < -0.3 is 9.64 Å². The lowest BCUT2D eigenvalue weighted by molar-refractivity contribution is -0.139. The molecule has 4 aromatic rings. The van der Waals surface area contributed by atoms with Crippen molar-refractivity contribution < 1.29 is 9.53 Å². The Labute approximate surface area is 181 Å². The van der Waals surface area contributed by atoms with Gasteiger partial charge in [-0.25, -0.2) is 4.52 Å². The molecule has 1 amide bonds. The summed E-state index contributed by atoms with van der Waals surface area (Å²) in [5.74, 6) is 0.153. The van der Waals surface area contributed by atoms with Gasteiger partial charge >= 0.3 is 0 Å². The molecule has 0 radical (unpaired) electrons. The number of hydrogen-bond acceptors (Lipinski definition) is 4. The zero-order valence-electron chi connectivity index (χ0n) is 17.2. The molecule has 1 unspecified atom stereocenters. The average molecular weight is 412 g/mol. The maximum Gasteiger partial charge on any atom is 0.223 e. The van der Waals surface area contributed by atoms with E-state index in [1.165, 1.54) is 5.56 Å². The van der Waals surface area contributed by atoms with Crippen molar-refractivity contribution in [2.24, 2.45) is 0 Å². The number of morpholine rings is 1. The minimum atomic E-state index is -0.269. The molecule has 0 bridgehead atoms. The number of amides is 1. The number of rotatable bonds is 5. The first-order valence-corrected chi connectivity index (χ1v) is 10.6. The van der Waals surface area contributed by atoms with Gasteiger partial charge in [0.25, 0.3) is 0 Å². The molecule has 5 rings (SSSR count). The highest BCUT2D eigenvalue weighted by atomic mass is 16.5. The van der Waals surface area contributed by atoms with E-state index in [2.05, 4.69) is 40.6 Å². The highest BCUT2D eigenvalue weighted by Gasteiger charge is 2.28. The van der Waals surface area contributed by atoms with Crippen molar-refractivity contribution in [1.29, 1.82) is 0 Å². The summed E-state index contributed by atoms with van der Waals surface area (Å²) in [5.41, 5.74) is 5.07. The van der Waals surface area contributed by atoms with Crippen LogP contribution in [0.3, 0.4) is 0 Å². The summed E-state index contributed by atoms with van der Waals surface area (Å²) < 4.78 is 7.77. The number of pyridine rings is 1. The summed E-state index contributed by atoms with van der Waals surface area (Å²) in [6.45, 7) is 1.62. The van der Waals surface area contributed by atoms with Crippen LogP contribution in [-0.4, -0.2) is 45.3 Å². The first-order valence-electron chi connectivity index (χ1n) is 10.6. The zero-order chi connectivity index (χ0) is 21.0. The van der Waals surface area contributed by atoms with E-state index in [-0.39, 0.29) is 12.0 Å². The lowest BCUT2D eigenvalue weighted by Gasteiger charge is -2.32. The Balaban J connectivity index is 1.30. The van der Waals surface area contributed by atoms with Gasteiger partial charge in [-0.3, -0.25) is 4.79 Å². The van der Waals surface area contributed by atoms with Crippen molar-refractivity contribution in [3.05, 3.63) is 90.3 Å². The SMILES string of the molecule is O=C(CCc1ccccc1)N1CCOC(c2nnn3cc(-c4ccccc4)ccc23)C1. The van der Waals surface area contributed by atoms with E-state index in [0.717, 1.165) is 28.8 Å². The van der Waals surface area contributed by atoms with Crippen molar-refractivity contribution in [2.45, 2.75) is 18.9 Å². The van der Waals surface area contributed by atoms with Gasteiger partial charge in [0.2, 0.25) is 5.91 Å². The molecule has 2 aromatic heterocycles. The Morgan fingerprint density at radius 1 is 0.968 bits per heavy atom. The summed E-state index contributed by atoms with van der Waals surface area (Å²) in [6.07, 6.45) is 2.96. The van der Waals surface area contributed by atoms with E-state index in [9.17, 15) is 4.79 Å². The minimum Gasteiger partial charge on any atom is -0.368 e. The lowest BCUT2D eigenvalue weighted by atomic mass is 10.1. The highest BCUT2D eigenvalue weighted by molar-refractivity contribution is 5.76. The largest absolute Gasteiger partial charge is 0.368 e. The Hall–Kier alpha value is -3.51. The molecule has 6 heteroatoms. The monoisotopic (exact) mass is 412 g/mol. The Morgan fingerprint density at radius 2 is 1.74 bits per heavy atom. The third-order valence-corrected chi connectivity index (χ3v) is 5.74. The standard InChI is InChI=1S/C25H24N4O2/c30-24(14-11-19-7-3-1-4-8-19)28-15-16-31-23(18-28)25-22-13-12-21(17-29(22)27-26-25)20-9-5-2-6-10-20/h1-10,12-13,17,23H,11,14-16,18H2. The molecule has 1 fully saturated rings. The molecule has 31 heavy (non-hydrogen) atoms. The number of aryl methyl sites for hydroxylation is 1. The second-order valence-corrected chi connectivity index (χ2v) is 7.77. The zero-order valence-corrected chi connectivity index (χ0v) is 17.2. The summed E-state index contributed by atoms with van der Waals surface area (Å²) >= 11 is 0. The maximum absolute atomic E-state index is 12.8. The fraction of sp³-hybridized carbons (Fsp3) is 0.240. The van der Waals surface area contributed by atoms with Gasteiger partial charge in [0.05, 0.1) is 18.7 Å². The number of fused-ring (bicyclic) bond motifs is 1. The number of ether oxygens (including phenoxy) is 1. The predicted molar refractivity (Wildman–Crippen MR) is 118 cm³/mol. The quantitative estimate of drug-likeness (QED) is 0.498. The van der Waals surface area contributed by atoms with E-state index in [0.29, 0.717) is 26.1 Å². The number of carbonyl (C=O) groups is 1. The predicted octanol–water partition coefficient (Wildman–Crippen LogP) is 3.93. The summed E-state index contributed by atoms with van der Waals surface area (Å²) in [5, 5.41) is 8.70. The van der Waals surface area contributed by atoms with Gasteiger partial charge in [0.15, 0.2) is 0 Å². The van der Waals surface area contributed by atoms with Crippen LogP contribution in [-0.2, 0) is 16.0 Å². The number of carbonyl (C=O) groups excluding carboxylic acids is 1. The molecule has 1 saturated heterocycles. The summed E-state index contributed by atoms with van der Waals surface area (Å²) in [7, 11) is 0. The first-order chi connectivity index (χ1) is 15.3. The molecule has 0 saturated carbocycles. The molecule has 3 heterocycles. The van der Waals surface area contributed by atoms with E-state index < -0.39 is 0 Å². The molecule has 1 aliphatic rings. The van der Waals surface area contributed by atoms with Crippen molar-refractivity contribution in [3.63, 3.8) is 0 Å². The van der Waals surface area contributed by atoms with E-state index in [1.807, 2.05) is 53.6 Å². The van der Waals surface area contributed by atoms with Gasteiger partial charge in [0.1, 0.15) is 11.8 Å². The van der Waals surface area contributed by atoms with Gasteiger partial charge in [-0.2, -0.15) is 0 Å². The highest BCUT2D eigenvalue weighted by Crippen LogP contribution is 2.27. The fourth-order valence-electron chi connectivity index (χ4n) is 4.04. The molecule has 1 atom stereocenters. The molecule has 2 aromatic carbocycles. The normalized spacial score (nSPS) is 16.5. The molecule has 1 aliphatic heterocycles. The van der Waals surface area contributed by atoms with Crippen molar-refractivity contribution in [2.75, 3.05) is 19.7 Å². The molecule has 156 valence electrons. The Bertz CT molecular complexity index is 1170. The van der Waals surface area contributed by atoms with Crippen LogP contribution in [0.2, 0.25) is 0 Å². The Kier molecular flexibility index (Phi) is 5.46. The van der Waals surface area contributed by atoms with Gasteiger partial charge in [-0.1, -0.05) is 71.9 Å². The Morgan fingerprint density at radius 3 is 2.55 bits per heavy atom. The van der Waals surface area contributed by atoms with Crippen molar-refractivity contribution in [1.82, 2.24) is 19.7 Å². The molecule has 0 N–H and O–H groups in total. The van der Waals surface area contributed by atoms with Gasteiger partial charge in [-0.15, -0.1) is 5.10 Å². The number of nitrogens with zero attached hydrogens (tertiary/aromatic N) is 4. The van der Waals surface area contributed by atoms with Crippen LogP contribution in [0.4, 0.5) is 0 Å². The topological polar surface area (TPSA) is 59.7 Å². The fourth-order valence-corrected chi connectivity index (χ4v) is 4.04. The van der Waals surface area contributed by atoms with Crippen molar-refractivity contribution >= 4 is 11.4 Å². The van der Waals surface area contributed by atoms with Crippen LogP contribution in [0, 0.1) is 0 Å². The number of benzene rings is 2.